The van der Waals surface area contributed by atoms with Crippen LogP contribution < -0.4 is 10.1 Å². The van der Waals surface area contributed by atoms with Gasteiger partial charge in [-0.25, -0.2) is 0 Å². The van der Waals surface area contributed by atoms with Crippen LogP contribution in [0.4, 0.5) is 0 Å². The summed E-state index contributed by atoms with van der Waals surface area (Å²) in [5.74, 6) is -0.190. The van der Waals surface area contributed by atoms with Gasteiger partial charge in [0.15, 0.2) is 0 Å². The monoisotopic (exact) mass is 542 g/mol. The number of carbonyl (C=O) groups is 3. The topological polar surface area (TPSA) is 84.9 Å². The molecule has 0 aliphatic carbocycles. The fourth-order valence-electron chi connectivity index (χ4n) is 5.26. The Morgan fingerprint density at radius 2 is 1.50 bits per heavy atom. The smallest absolute Gasteiger partial charge is 0.307 e. The highest BCUT2D eigenvalue weighted by Gasteiger charge is 2.35. The van der Waals surface area contributed by atoms with Gasteiger partial charge in [0.2, 0.25) is 11.8 Å². The summed E-state index contributed by atoms with van der Waals surface area (Å²) in [6, 6.07) is 27.5. The molecule has 1 aliphatic rings. The van der Waals surface area contributed by atoms with Crippen molar-refractivity contribution in [3.05, 3.63) is 102 Å². The first kappa shape index (κ1) is 28.9. The third-order valence-electron chi connectivity index (χ3n) is 7.62. The third kappa shape index (κ3) is 7.72. The highest BCUT2D eigenvalue weighted by Crippen LogP contribution is 2.35. The van der Waals surface area contributed by atoms with Crippen LogP contribution in [0.15, 0.2) is 84.9 Å². The lowest BCUT2D eigenvalue weighted by atomic mass is 9.79. The van der Waals surface area contributed by atoms with Crippen LogP contribution in [0, 0.1) is 5.92 Å². The molecule has 0 unspecified atom stereocenters. The van der Waals surface area contributed by atoms with Crippen LogP contribution in [0.25, 0.3) is 0 Å². The summed E-state index contributed by atoms with van der Waals surface area (Å²) >= 11 is 0. The highest BCUT2D eigenvalue weighted by molar-refractivity contribution is 5.85. The van der Waals surface area contributed by atoms with Crippen LogP contribution in [-0.4, -0.2) is 49.4 Å². The van der Waals surface area contributed by atoms with Crippen LogP contribution in [0.2, 0.25) is 0 Å². The van der Waals surface area contributed by atoms with E-state index in [4.69, 9.17) is 9.47 Å². The van der Waals surface area contributed by atoms with Crippen molar-refractivity contribution in [3.8, 4) is 5.75 Å². The molecule has 1 fully saturated rings. The van der Waals surface area contributed by atoms with E-state index in [0.29, 0.717) is 32.5 Å². The molecule has 4 rings (SSSR count). The van der Waals surface area contributed by atoms with Crippen molar-refractivity contribution < 1.29 is 23.9 Å². The van der Waals surface area contributed by atoms with Crippen molar-refractivity contribution in [2.45, 2.75) is 44.6 Å². The van der Waals surface area contributed by atoms with E-state index in [0.717, 1.165) is 22.4 Å². The Labute approximate surface area is 236 Å². The number of hydrogen-bond acceptors (Lipinski definition) is 5. The van der Waals surface area contributed by atoms with Crippen LogP contribution in [-0.2, 0) is 25.7 Å². The van der Waals surface area contributed by atoms with Gasteiger partial charge in [0.05, 0.1) is 25.4 Å². The van der Waals surface area contributed by atoms with E-state index in [1.54, 1.807) is 0 Å². The minimum atomic E-state index is -0.399. The lowest BCUT2D eigenvalue weighted by molar-refractivity contribution is -0.140. The Bertz CT molecular complexity index is 1240. The number of nitrogens with one attached hydrogen (secondary N) is 1. The van der Waals surface area contributed by atoms with Crippen LogP contribution >= 0.6 is 0 Å². The molecule has 0 radical (unpaired) electrons. The molecular weight excluding hydrogens is 504 g/mol. The molecule has 3 aromatic carbocycles. The normalized spacial score (nSPS) is 15.1. The number of hydrogen-bond donors (Lipinski definition) is 1. The summed E-state index contributed by atoms with van der Waals surface area (Å²) in [6.07, 6.45) is 1.55. The second-order valence-electron chi connectivity index (χ2n) is 10.2. The zero-order chi connectivity index (χ0) is 28.3. The Morgan fingerprint density at radius 3 is 2.12 bits per heavy atom. The average molecular weight is 543 g/mol. The van der Waals surface area contributed by atoms with Gasteiger partial charge in [0, 0.05) is 19.6 Å². The fraction of sp³-hybridized carbons (Fsp3) is 0.364. The summed E-state index contributed by atoms with van der Waals surface area (Å²) in [6.45, 7) is 3.83. The van der Waals surface area contributed by atoms with Crippen molar-refractivity contribution in [1.29, 1.82) is 0 Å². The zero-order valence-electron chi connectivity index (χ0n) is 23.3. The lowest BCUT2D eigenvalue weighted by Crippen LogP contribution is -2.44. The van der Waals surface area contributed by atoms with Crippen molar-refractivity contribution in [1.82, 2.24) is 10.2 Å². The molecule has 7 nitrogen and oxygen atoms in total. The van der Waals surface area contributed by atoms with Crippen molar-refractivity contribution in [2.75, 3.05) is 26.7 Å². The van der Waals surface area contributed by atoms with E-state index >= 15 is 0 Å². The maximum atomic E-state index is 13.4. The molecule has 2 amide bonds. The van der Waals surface area contributed by atoms with E-state index in [2.05, 4.69) is 5.32 Å². The highest BCUT2D eigenvalue weighted by atomic mass is 16.5. The third-order valence-corrected chi connectivity index (χ3v) is 7.62. The predicted octanol–water partition coefficient (Wildman–Crippen LogP) is 5.07. The Balaban J connectivity index is 1.42. The number of nitrogens with zero attached hydrogens (tertiary/aromatic N) is 1. The van der Waals surface area contributed by atoms with Gasteiger partial charge in [-0.15, -0.1) is 0 Å². The number of rotatable bonds is 11. The molecule has 0 bridgehead atoms. The van der Waals surface area contributed by atoms with E-state index < -0.39 is 5.92 Å². The summed E-state index contributed by atoms with van der Waals surface area (Å²) in [7, 11) is 1.34. The van der Waals surface area contributed by atoms with Gasteiger partial charge in [-0.05, 0) is 54.5 Å². The quantitative estimate of drug-likeness (QED) is 0.342. The van der Waals surface area contributed by atoms with Gasteiger partial charge >= 0.3 is 5.97 Å². The Morgan fingerprint density at radius 1 is 0.875 bits per heavy atom. The molecule has 210 valence electrons. The number of likely N-dealkylation sites (tertiary alicyclic amines) is 1. The van der Waals surface area contributed by atoms with Gasteiger partial charge < -0.3 is 19.7 Å². The Kier molecular flexibility index (Phi) is 10.3. The second kappa shape index (κ2) is 14.3. The Hall–Kier alpha value is -4.13. The molecule has 0 saturated carbocycles. The molecule has 40 heavy (non-hydrogen) atoms. The van der Waals surface area contributed by atoms with E-state index in [9.17, 15) is 14.4 Å². The largest absolute Gasteiger partial charge is 0.489 e. The van der Waals surface area contributed by atoms with Gasteiger partial charge in [0.25, 0.3) is 0 Å². The standard InChI is InChI=1S/C33H38N2O5/c1-24(26-11-7-4-8-12-26)33(38)35-21-18-28(19-22-35)31(32(37)34-20-17-30(36)39-2)27-13-15-29(16-14-27)40-23-25-9-5-3-6-10-25/h3-16,24,28,31H,17-23H2,1-2H3,(H,34,37)/t24-,31+/m0/s1. The first-order valence-electron chi connectivity index (χ1n) is 13.9. The van der Waals surface area contributed by atoms with Crippen molar-refractivity contribution in [3.63, 3.8) is 0 Å². The molecule has 3 aromatic rings. The molecule has 7 heteroatoms. The molecule has 0 spiro atoms. The van der Waals surface area contributed by atoms with Gasteiger partial charge in [-0.1, -0.05) is 72.8 Å². The number of carbonyl (C=O) groups excluding carboxylic acids is 3. The maximum Gasteiger partial charge on any atom is 0.307 e. The summed E-state index contributed by atoms with van der Waals surface area (Å²) in [5, 5.41) is 2.93. The predicted molar refractivity (Wildman–Crippen MR) is 154 cm³/mol. The number of piperidine rings is 1. The molecule has 2 atom stereocenters. The second-order valence-corrected chi connectivity index (χ2v) is 10.2. The van der Waals surface area contributed by atoms with Gasteiger partial charge in [0.1, 0.15) is 12.4 Å². The molecule has 1 N–H and O–H groups in total. The minimum absolute atomic E-state index is 0.0605. The fourth-order valence-corrected chi connectivity index (χ4v) is 5.26. The van der Waals surface area contributed by atoms with Gasteiger partial charge in [-0.3, -0.25) is 14.4 Å². The number of ether oxygens (including phenoxy) is 2. The average Bonchev–Trinajstić information content (AvgIpc) is 3.01. The van der Waals surface area contributed by atoms with E-state index in [1.165, 1.54) is 7.11 Å². The van der Waals surface area contributed by atoms with Crippen LogP contribution in [0.1, 0.15) is 54.7 Å². The molecule has 0 aromatic heterocycles. The van der Waals surface area contributed by atoms with E-state index in [1.807, 2.05) is 96.8 Å². The minimum Gasteiger partial charge on any atom is -0.489 e. The maximum absolute atomic E-state index is 13.4. The zero-order valence-corrected chi connectivity index (χ0v) is 23.3. The van der Waals surface area contributed by atoms with Crippen LogP contribution in [0.3, 0.4) is 0 Å². The SMILES string of the molecule is COC(=O)CCNC(=O)[C@H](c1ccc(OCc2ccccc2)cc1)C1CCN(C(=O)[C@@H](C)c2ccccc2)CC1. The molecule has 1 aliphatic heterocycles. The first-order chi connectivity index (χ1) is 19.5. The van der Waals surface area contributed by atoms with E-state index in [-0.39, 0.29) is 42.6 Å². The number of esters is 1. The molecular formula is C33H38N2O5. The van der Waals surface area contributed by atoms with Crippen molar-refractivity contribution >= 4 is 17.8 Å². The summed E-state index contributed by atoms with van der Waals surface area (Å²) < 4.78 is 10.6. The summed E-state index contributed by atoms with van der Waals surface area (Å²) in [5.41, 5.74) is 2.98. The summed E-state index contributed by atoms with van der Waals surface area (Å²) in [4.78, 5) is 40.1. The first-order valence-corrected chi connectivity index (χ1v) is 13.9. The van der Waals surface area contributed by atoms with Crippen LogP contribution in [0.5, 0.6) is 5.75 Å². The molecule has 1 heterocycles. The lowest BCUT2D eigenvalue weighted by Gasteiger charge is -2.37. The number of methoxy groups -OCH3 is 1. The number of amides is 2. The van der Waals surface area contributed by atoms with Crippen molar-refractivity contribution in [2.24, 2.45) is 5.92 Å². The molecule has 1 saturated heterocycles. The van der Waals surface area contributed by atoms with Gasteiger partial charge in [-0.2, -0.15) is 0 Å². The number of benzene rings is 3.